The lowest BCUT2D eigenvalue weighted by Gasteiger charge is -2.13. The average Bonchev–Trinajstić information content (AvgIpc) is 2.84. The van der Waals surface area contributed by atoms with Crippen molar-refractivity contribution in [1.29, 1.82) is 0 Å². The van der Waals surface area contributed by atoms with Crippen LogP contribution in [0.5, 0.6) is 0 Å². The summed E-state index contributed by atoms with van der Waals surface area (Å²) in [5.41, 5.74) is 0. The molecule has 118 valence electrons. The number of carbonyl (C=O) groups excluding carboxylic acids is 1. The van der Waals surface area contributed by atoms with E-state index in [1.54, 1.807) is 18.3 Å². The molecule has 6 nitrogen and oxygen atoms in total. The molecule has 2 rings (SSSR count). The molecule has 0 radical (unpaired) electrons. The number of carbonyl (C=O) groups is 1. The first kappa shape index (κ1) is 17.1. The zero-order valence-electron chi connectivity index (χ0n) is 11.8. The fourth-order valence-electron chi connectivity index (χ4n) is 1.59. The molecule has 0 aliphatic heterocycles. The minimum atomic E-state index is -3.76. The number of aromatic nitrogens is 1. The molecular weight excluding hydrogens is 390 g/mol. The smallest absolute Gasteiger partial charge is 0.244 e. The molecule has 1 amide bonds. The van der Waals surface area contributed by atoms with E-state index in [1.165, 1.54) is 30.4 Å². The molecule has 0 bridgehead atoms. The highest BCUT2D eigenvalue weighted by atomic mass is 79.9. The molecule has 1 atom stereocenters. The number of benzene rings is 1. The molecule has 0 spiro atoms. The first-order valence-electron chi connectivity index (χ1n) is 6.29. The van der Waals surface area contributed by atoms with Crippen LogP contribution in [0.1, 0.15) is 11.8 Å². The SMILES string of the molecule is Cc1cnc(NC(=O)C(C)NS(=O)(=O)c2ccc(Br)cc2)s1. The van der Waals surface area contributed by atoms with Crippen molar-refractivity contribution in [2.45, 2.75) is 24.8 Å². The normalized spacial score (nSPS) is 12.9. The third-order valence-corrected chi connectivity index (χ3v) is 5.61. The number of thiazole rings is 1. The lowest BCUT2D eigenvalue weighted by molar-refractivity contribution is -0.117. The van der Waals surface area contributed by atoms with Gasteiger partial charge in [-0.05, 0) is 38.1 Å². The van der Waals surface area contributed by atoms with Gasteiger partial charge in [-0.15, -0.1) is 11.3 Å². The topological polar surface area (TPSA) is 88.2 Å². The minimum absolute atomic E-state index is 0.0976. The van der Waals surface area contributed by atoms with Crippen LogP contribution >= 0.6 is 27.3 Å². The van der Waals surface area contributed by atoms with Gasteiger partial charge in [0.05, 0.1) is 10.9 Å². The van der Waals surface area contributed by atoms with Gasteiger partial charge in [0.25, 0.3) is 0 Å². The Morgan fingerprint density at radius 1 is 1.32 bits per heavy atom. The number of amides is 1. The summed E-state index contributed by atoms with van der Waals surface area (Å²) in [6.07, 6.45) is 1.64. The Morgan fingerprint density at radius 2 is 1.95 bits per heavy atom. The maximum atomic E-state index is 12.2. The number of hydrogen-bond acceptors (Lipinski definition) is 5. The molecule has 9 heteroatoms. The Kier molecular flexibility index (Phi) is 5.32. The third-order valence-electron chi connectivity index (χ3n) is 2.70. The summed E-state index contributed by atoms with van der Waals surface area (Å²) in [6, 6.07) is 5.25. The van der Waals surface area contributed by atoms with Crippen LogP contribution in [0.4, 0.5) is 5.13 Å². The summed E-state index contributed by atoms with van der Waals surface area (Å²) in [7, 11) is -3.76. The largest absolute Gasteiger partial charge is 0.301 e. The number of sulfonamides is 1. The molecule has 1 aromatic heterocycles. The van der Waals surface area contributed by atoms with E-state index in [4.69, 9.17) is 0 Å². The van der Waals surface area contributed by atoms with Crippen molar-refractivity contribution < 1.29 is 13.2 Å². The Morgan fingerprint density at radius 3 is 2.50 bits per heavy atom. The standard InChI is InChI=1S/C13H14BrN3O3S2/c1-8-7-15-13(21-8)16-12(18)9(2)17-22(19,20)11-5-3-10(14)4-6-11/h3-7,9,17H,1-2H3,(H,15,16,18). The number of halogens is 1. The lowest BCUT2D eigenvalue weighted by Crippen LogP contribution is -2.41. The number of hydrogen-bond donors (Lipinski definition) is 2. The zero-order valence-corrected chi connectivity index (χ0v) is 15.0. The third kappa shape index (κ3) is 4.35. The van der Waals surface area contributed by atoms with Gasteiger partial charge in [-0.2, -0.15) is 4.72 Å². The molecule has 2 aromatic rings. The maximum absolute atomic E-state index is 12.2. The highest BCUT2D eigenvalue weighted by Crippen LogP contribution is 2.17. The van der Waals surface area contributed by atoms with Crippen LogP contribution in [-0.2, 0) is 14.8 Å². The minimum Gasteiger partial charge on any atom is -0.301 e. The quantitative estimate of drug-likeness (QED) is 0.802. The predicted octanol–water partition coefficient (Wildman–Crippen LogP) is 2.52. The molecule has 2 N–H and O–H groups in total. The van der Waals surface area contributed by atoms with E-state index in [-0.39, 0.29) is 4.90 Å². The van der Waals surface area contributed by atoms with Crippen molar-refractivity contribution in [1.82, 2.24) is 9.71 Å². The van der Waals surface area contributed by atoms with E-state index in [9.17, 15) is 13.2 Å². The summed E-state index contributed by atoms with van der Waals surface area (Å²) < 4.78 is 27.5. The molecule has 1 unspecified atom stereocenters. The summed E-state index contributed by atoms with van der Waals surface area (Å²) in [5, 5.41) is 3.02. The van der Waals surface area contributed by atoms with Crippen LogP contribution in [0.3, 0.4) is 0 Å². The summed E-state index contributed by atoms with van der Waals surface area (Å²) >= 11 is 4.56. The average molecular weight is 404 g/mol. The van der Waals surface area contributed by atoms with Crippen LogP contribution in [0.15, 0.2) is 39.8 Å². The first-order chi connectivity index (χ1) is 10.3. The lowest BCUT2D eigenvalue weighted by atomic mass is 10.3. The van der Waals surface area contributed by atoms with Gasteiger partial charge in [-0.25, -0.2) is 13.4 Å². The second-order valence-corrected chi connectivity index (χ2v) is 8.43. The monoisotopic (exact) mass is 403 g/mol. The highest BCUT2D eigenvalue weighted by molar-refractivity contribution is 9.10. The van der Waals surface area contributed by atoms with E-state index in [0.29, 0.717) is 5.13 Å². The van der Waals surface area contributed by atoms with E-state index in [2.05, 4.69) is 31.0 Å². The predicted molar refractivity (Wildman–Crippen MR) is 89.4 cm³/mol. The number of nitrogens with one attached hydrogen (secondary N) is 2. The van der Waals surface area contributed by atoms with Crippen LogP contribution in [0.2, 0.25) is 0 Å². The van der Waals surface area contributed by atoms with Gasteiger partial charge in [-0.3, -0.25) is 4.79 Å². The molecular formula is C13H14BrN3O3S2. The molecule has 0 aliphatic carbocycles. The van der Waals surface area contributed by atoms with Gasteiger partial charge >= 0.3 is 0 Å². The Balaban J connectivity index is 2.05. The van der Waals surface area contributed by atoms with E-state index in [0.717, 1.165) is 9.35 Å². The highest BCUT2D eigenvalue weighted by Gasteiger charge is 2.22. The summed E-state index contributed by atoms with van der Waals surface area (Å²) in [6.45, 7) is 3.35. The van der Waals surface area contributed by atoms with Crippen LogP contribution in [-0.4, -0.2) is 25.4 Å². The van der Waals surface area contributed by atoms with Gasteiger partial charge in [-0.1, -0.05) is 15.9 Å². The van der Waals surface area contributed by atoms with Crippen molar-refractivity contribution in [3.8, 4) is 0 Å². The van der Waals surface area contributed by atoms with E-state index in [1.807, 2.05) is 6.92 Å². The van der Waals surface area contributed by atoms with Gasteiger partial charge in [0.1, 0.15) is 0 Å². The van der Waals surface area contributed by atoms with Crippen molar-refractivity contribution in [2.75, 3.05) is 5.32 Å². The molecule has 0 saturated carbocycles. The van der Waals surface area contributed by atoms with Crippen LogP contribution < -0.4 is 10.0 Å². The fourth-order valence-corrected chi connectivity index (χ4v) is 3.73. The van der Waals surface area contributed by atoms with Gasteiger partial charge in [0.15, 0.2) is 5.13 Å². The van der Waals surface area contributed by atoms with Gasteiger partial charge < -0.3 is 5.32 Å². The van der Waals surface area contributed by atoms with E-state index >= 15 is 0 Å². The van der Waals surface area contributed by atoms with Gasteiger partial charge in [0.2, 0.25) is 15.9 Å². The number of anilines is 1. The molecule has 0 aliphatic rings. The Hall–Kier alpha value is -1.29. The zero-order chi connectivity index (χ0) is 16.3. The second-order valence-electron chi connectivity index (χ2n) is 4.56. The number of aryl methyl sites for hydroxylation is 1. The first-order valence-corrected chi connectivity index (χ1v) is 9.38. The van der Waals surface area contributed by atoms with E-state index < -0.39 is 22.0 Å². The number of nitrogens with zero attached hydrogens (tertiary/aromatic N) is 1. The summed E-state index contributed by atoms with van der Waals surface area (Å²) in [5.74, 6) is -0.463. The number of rotatable bonds is 5. The van der Waals surface area contributed by atoms with Crippen LogP contribution in [0, 0.1) is 6.92 Å². The Bertz CT molecular complexity index is 772. The molecule has 0 saturated heterocycles. The maximum Gasteiger partial charge on any atom is 0.244 e. The fraction of sp³-hybridized carbons (Fsp3) is 0.231. The molecule has 0 fully saturated rings. The van der Waals surface area contributed by atoms with Crippen molar-refractivity contribution >= 4 is 48.3 Å². The van der Waals surface area contributed by atoms with Crippen molar-refractivity contribution in [3.63, 3.8) is 0 Å². The van der Waals surface area contributed by atoms with Crippen LogP contribution in [0.25, 0.3) is 0 Å². The second kappa shape index (κ2) is 6.86. The Labute approximate surface area is 141 Å². The molecule has 22 heavy (non-hydrogen) atoms. The summed E-state index contributed by atoms with van der Waals surface area (Å²) in [4.78, 5) is 17.1. The van der Waals surface area contributed by atoms with Gasteiger partial charge in [0, 0.05) is 15.5 Å². The van der Waals surface area contributed by atoms with Crippen molar-refractivity contribution in [2.24, 2.45) is 0 Å². The molecule has 1 aromatic carbocycles. The molecule has 1 heterocycles. The van der Waals surface area contributed by atoms with Crippen molar-refractivity contribution in [3.05, 3.63) is 39.8 Å².